The molecule has 2 aliphatic carbocycles. The minimum absolute atomic E-state index is 0.0584. The van der Waals surface area contributed by atoms with Crippen LogP contribution in [0, 0.1) is 16.7 Å². The van der Waals surface area contributed by atoms with E-state index in [-0.39, 0.29) is 29.0 Å². The number of nitrogens with two attached hydrogens (primary N) is 1. The molecule has 1 saturated heterocycles. The summed E-state index contributed by atoms with van der Waals surface area (Å²) in [7, 11) is -2.15. The minimum Gasteiger partial charge on any atom is -0.481 e. The fourth-order valence-corrected chi connectivity index (χ4v) is 8.41. The molecule has 0 radical (unpaired) electrons. The molecule has 2 saturated carbocycles. The molecule has 1 aromatic heterocycles. The van der Waals surface area contributed by atoms with Gasteiger partial charge in [0, 0.05) is 23.6 Å². The Kier molecular flexibility index (Phi) is 4.09. The molecule has 2 bridgehead atoms. The van der Waals surface area contributed by atoms with E-state index in [1.807, 2.05) is 0 Å². The van der Waals surface area contributed by atoms with Crippen LogP contribution >= 0.6 is 0 Å². The topological polar surface area (TPSA) is 103 Å². The predicted octanol–water partition coefficient (Wildman–Crippen LogP) is 1.33. The number of sulfonamides is 1. The molecule has 3 fully saturated rings. The maximum absolute atomic E-state index is 13.2. The van der Waals surface area contributed by atoms with E-state index in [2.05, 4.69) is 18.8 Å². The Morgan fingerprint density at radius 1 is 1.48 bits per heavy atom. The van der Waals surface area contributed by atoms with Crippen LogP contribution in [0.25, 0.3) is 0 Å². The highest BCUT2D eigenvalue weighted by Gasteiger charge is 2.72. The summed E-state index contributed by atoms with van der Waals surface area (Å²) in [5, 5.41) is 0. The van der Waals surface area contributed by atoms with E-state index in [9.17, 15) is 13.2 Å². The molecule has 148 valence electrons. The van der Waals surface area contributed by atoms with Crippen LogP contribution in [-0.2, 0) is 21.2 Å². The highest BCUT2D eigenvalue weighted by molar-refractivity contribution is 7.90. The average Bonchev–Trinajstić information content (AvgIpc) is 3.09. The van der Waals surface area contributed by atoms with Crippen molar-refractivity contribution in [3.8, 4) is 5.88 Å². The molecule has 7 nitrogen and oxygen atoms in total. The van der Waals surface area contributed by atoms with Crippen LogP contribution < -0.4 is 10.5 Å². The van der Waals surface area contributed by atoms with Gasteiger partial charge in [-0.05, 0) is 36.7 Å². The molecular weight excluding hydrogens is 366 g/mol. The van der Waals surface area contributed by atoms with E-state index in [1.54, 1.807) is 18.3 Å². The first-order chi connectivity index (χ1) is 12.6. The lowest BCUT2D eigenvalue weighted by Gasteiger charge is -2.37. The van der Waals surface area contributed by atoms with Crippen molar-refractivity contribution in [3.63, 3.8) is 0 Å². The van der Waals surface area contributed by atoms with Gasteiger partial charge in [-0.1, -0.05) is 19.9 Å². The molecule has 1 aliphatic heterocycles. The molecule has 0 unspecified atom stereocenters. The van der Waals surface area contributed by atoms with Gasteiger partial charge in [0.2, 0.25) is 15.9 Å². The number of amides is 1. The summed E-state index contributed by atoms with van der Waals surface area (Å²) in [5.74, 6) is 0.416. The second-order valence-electron chi connectivity index (χ2n) is 8.74. The summed E-state index contributed by atoms with van der Waals surface area (Å²) in [4.78, 5) is 17.3. The van der Waals surface area contributed by atoms with E-state index in [1.165, 1.54) is 7.11 Å². The van der Waals surface area contributed by atoms with Gasteiger partial charge in [-0.2, -0.15) is 0 Å². The molecule has 1 amide bonds. The first-order valence-corrected chi connectivity index (χ1v) is 11.0. The first-order valence-electron chi connectivity index (χ1n) is 9.43. The average molecular weight is 394 g/mol. The van der Waals surface area contributed by atoms with Crippen LogP contribution in [0.5, 0.6) is 5.88 Å². The van der Waals surface area contributed by atoms with Gasteiger partial charge in [0.25, 0.3) is 5.91 Å². The van der Waals surface area contributed by atoms with Crippen molar-refractivity contribution in [2.45, 2.75) is 51.6 Å². The van der Waals surface area contributed by atoms with E-state index in [0.717, 1.165) is 23.6 Å². The Bertz CT molecular complexity index is 885. The molecule has 4 rings (SSSR count). The van der Waals surface area contributed by atoms with Gasteiger partial charge >= 0.3 is 0 Å². The van der Waals surface area contributed by atoms with Crippen molar-refractivity contribution in [2.24, 2.45) is 22.5 Å². The Morgan fingerprint density at radius 3 is 2.89 bits per heavy atom. The van der Waals surface area contributed by atoms with Crippen LogP contribution in [-0.4, -0.2) is 48.6 Å². The third-order valence-electron chi connectivity index (χ3n) is 7.43. The summed E-state index contributed by atoms with van der Waals surface area (Å²) < 4.78 is 32.3. The number of nitrogens with zero attached hydrogens (tertiary/aromatic N) is 2. The van der Waals surface area contributed by atoms with Gasteiger partial charge in [-0.3, -0.25) is 4.79 Å². The lowest BCUT2D eigenvalue weighted by Crippen LogP contribution is -2.50. The Labute approximate surface area is 160 Å². The lowest BCUT2D eigenvalue weighted by molar-refractivity contribution is -0.130. The Hall–Kier alpha value is -1.67. The summed E-state index contributed by atoms with van der Waals surface area (Å²) in [5.41, 5.74) is 6.47. The molecule has 2 heterocycles. The van der Waals surface area contributed by atoms with Crippen molar-refractivity contribution in [1.29, 1.82) is 0 Å². The number of ether oxygens (including phenoxy) is 1. The van der Waals surface area contributed by atoms with Crippen LogP contribution in [0.2, 0.25) is 0 Å². The number of carbonyl (C=O) groups excluding carboxylic acids is 1. The van der Waals surface area contributed by atoms with Crippen LogP contribution in [0.4, 0.5) is 0 Å². The molecule has 8 heteroatoms. The van der Waals surface area contributed by atoms with Gasteiger partial charge in [-0.15, -0.1) is 0 Å². The molecule has 3 aliphatic rings. The van der Waals surface area contributed by atoms with Crippen molar-refractivity contribution in [3.05, 3.63) is 23.9 Å². The maximum Gasteiger partial charge on any atom is 0.253 e. The normalized spacial score (nSPS) is 33.7. The lowest BCUT2D eigenvalue weighted by atomic mass is 9.69. The van der Waals surface area contributed by atoms with Crippen LogP contribution in [0.1, 0.15) is 38.7 Å². The maximum atomic E-state index is 13.2. The molecular formula is C19H27N3O4S. The SMILES string of the molecule is COc1ncccc1C[C@@H](N)C(=O)N1[C@@H]2C[C@H]3CC[C@]2(CS1(=O)=O)C3(C)C. The molecule has 2 N–H and O–H groups in total. The second-order valence-corrected chi connectivity index (χ2v) is 10.6. The summed E-state index contributed by atoms with van der Waals surface area (Å²) in [6.45, 7) is 4.32. The summed E-state index contributed by atoms with van der Waals surface area (Å²) >= 11 is 0. The van der Waals surface area contributed by atoms with Crippen molar-refractivity contribution in [2.75, 3.05) is 12.9 Å². The van der Waals surface area contributed by atoms with Crippen molar-refractivity contribution >= 4 is 15.9 Å². The number of pyridine rings is 1. The van der Waals surface area contributed by atoms with Crippen LogP contribution in [0.3, 0.4) is 0 Å². The van der Waals surface area contributed by atoms with Crippen molar-refractivity contribution in [1.82, 2.24) is 9.29 Å². The molecule has 4 atom stereocenters. The second kappa shape index (κ2) is 5.91. The fourth-order valence-electron chi connectivity index (χ4n) is 5.83. The third kappa shape index (κ3) is 2.45. The molecule has 1 spiro atoms. The Morgan fingerprint density at radius 2 is 2.22 bits per heavy atom. The summed E-state index contributed by atoms with van der Waals surface area (Å²) in [6, 6.07) is 2.33. The van der Waals surface area contributed by atoms with Gasteiger partial charge in [0.05, 0.1) is 24.9 Å². The zero-order valence-electron chi connectivity index (χ0n) is 16.0. The quantitative estimate of drug-likeness (QED) is 0.828. The highest BCUT2D eigenvalue weighted by atomic mass is 32.2. The number of methoxy groups -OCH3 is 1. The Balaban J connectivity index is 1.62. The monoisotopic (exact) mass is 393 g/mol. The number of fused-ring (bicyclic) bond motifs is 1. The highest BCUT2D eigenvalue weighted by Crippen LogP contribution is 2.70. The van der Waals surface area contributed by atoms with Gasteiger partial charge < -0.3 is 10.5 Å². The minimum atomic E-state index is -3.66. The fraction of sp³-hybridized carbons (Fsp3) is 0.684. The zero-order chi connectivity index (χ0) is 19.6. The smallest absolute Gasteiger partial charge is 0.253 e. The number of hydrogen-bond acceptors (Lipinski definition) is 6. The van der Waals surface area contributed by atoms with Gasteiger partial charge in [0.15, 0.2) is 0 Å². The molecule has 1 aromatic rings. The standard InChI is InChI=1S/C19H27N3O4S/c1-18(2)13-6-7-19(18)11-27(24,25)22(15(19)10-13)17(23)14(20)9-12-5-4-8-21-16(12)26-3/h4-5,8,13-15H,6-7,9-11,20H2,1-3H3/t13-,14-,15-,19-/m1/s1. The van der Waals surface area contributed by atoms with E-state index >= 15 is 0 Å². The number of aromatic nitrogens is 1. The third-order valence-corrected chi connectivity index (χ3v) is 9.34. The van der Waals surface area contributed by atoms with E-state index in [4.69, 9.17) is 10.5 Å². The van der Waals surface area contributed by atoms with Crippen LogP contribution in [0.15, 0.2) is 18.3 Å². The molecule has 0 aromatic carbocycles. The van der Waals surface area contributed by atoms with E-state index < -0.39 is 22.0 Å². The van der Waals surface area contributed by atoms with Gasteiger partial charge in [-0.25, -0.2) is 17.7 Å². The van der Waals surface area contributed by atoms with Crippen molar-refractivity contribution < 1.29 is 17.9 Å². The zero-order valence-corrected chi connectivity index (χ0v) is 16.8. The summed E-state index contributed by atoms with van der Waals surface area (Å²) in [6.07, 6.45) is 4.45. The van der Waals surface area contributed by atoms with Gasteiger partial charge in [0.1, 0.15) is 0 Å². The largest absolute Gasteiger partial charge is 0.481 e. The molecule has 27 heavy (non-hydrogen) atoms. The van der Waals surface area contributed by atoms with E-state index in [0.29, 0.717) is 17.4 Å². The number of carbonyl (C=O) groups is 1. The number of hydrogen-bond donors (Lipinski definition) is 1. The predicted molar refractivity (Wildman–Crippen MR) is 100 cm³/mol. The number of rotatable bonds is 4. The first kappa shape index (κ1) is 18.7.